The normalized spacial score (nSPS) is 12.9. The van der Waals surface area contributed by atoms with E-state index in [-0.39, 0.29) is 12.2 Å². The zero-order chi connectivity index (χ0) is 10.7. The highest BCUT2D eigenvalue weighted by molar-refractivity contribution is 9.10. The molecule has 2 nitrogen and oxygen atoms in total. The van der Waals surface area contributed by atoms with Crippen LogP contribution in [-0.2, 0) is 11.3 Å². The molecule has 0 aliphatic carbocycles. The van der Waals surface area contributed by atoms with Crippen LogP contribution in [0, 0.1) is 5.82 Å². The summed E-state index contributed by atoms with van der Waals surface area (Å²) < 4.78 is 19.2. The van der Waals surface area contributed by atoms with Crippen LogP contribution < -0.4 is 0 Å². The lowest BCUT2D eigenvalue weighted by Gasteiger charge is -2.11. The molecule has 78 valence electrons. The van der Waals surface area contributed by atoms with Crippen molar-refractivity contribution in [1.29, 1.82) is 0 Å². The standard InChI is InChI=1S/C10H12BrFO2/c1-6(13)9-4-8(11)3-7(5-14-2)10(9)12/h3-4,6,13H,5H2,1-2H3. The lowest BCUT2D eigenvalue weighted by Crippen LogP contribution is -2.01. The summed E-state index contributed by atoms with van der Waals surface area (Å²) in [7, 11) is 1.50. The molecule has 1 N–H and O–H groups in total. The Morgan fingerprint density at radius 2 is 2.21 bits per heavy atom. The van der Waals surface area contributed by atoms with Crippen LogP contribution in [0.3, 0.4) is 0 Å². The Kier molecular flexibility index (Phi) is 4.04. The summed E-state index contributed by atoms with van der Waals surface area (Å²) in [6.45, 7) is 1.73. The lowest BCUT2D eigenvalue weighted by atomic mass is 10.1. The molecule has 1 rings (SSSR count). The highest BCUT2D eigenvalue weighted by Crippen LogP contribution is 2.25. The van der Waals surface area contributed by atoms with Gasteiger partial charge in [0.15, 0.2) is 0 Å². The third kappa shape index (κ3) is 2.53. The average molecular weight is 263 g/mol. The van der Waals surface area contributed by atoms with Crippen LogP contribution in [0.2, 0.25) is 0 Å². The largest absolute Gasteiger partial charge is 0.389 e. The van der Waals surface area contributed by atoms with Gasteiger partial charge >= 0.3 is 0 Å². The molecular formula is C10H12BrFO2. The Bertz CT molecular complexity index is 326. The van der Waals surface area contributed by atoms with Crippen molar-refractivity contribution in [2.45, 2.75) is 19.6 Å². The second-order valence-corrected chi connectivity index (χ2v) is 3.99. The van der Waals surface area contributed by atoms with Crippen molar-refractivity contribution in [3.63, 3.8) is 0 Å². The number of hydrogen-bond acceptors (Lipinski definition) is 2. The second kappa shape index (κ2) is 4.87. The third-order valence-electron chi connectivity index (χ3n) is 1.89. The van der Waals surface area contributed by atoms with Crippen molar-refractivity contribution >= 4 is 15.9 Å². The quantitative estimate of drug-likeness (QED) is 0.908. The Labute approximate surface area is 90.8 Å². The predicted molar refractivity (Wildman–Crippen MR) is 55.4 cm³/mol. The van der Waals surface area contributed by atoms with Crippen molar-refractivity contribution < 1.29 is 14.2 Å². The lowest BCUT2D eigenvalue weighted by molar-refractivity contribution is 0.176. The summed E-state index contributed by atoms with van der Waals surface area (Å²) in [5.74, 6) is -0.398. The zero-order valence-electron chi connectivity index (χ0n) is 8.05. The fraction of sp³-hybridized carbons (Fsp3) is 0.400. The van der Waals surface area contributed by atoms with Gasteiger partial charge in [-0.2, -0.15) is 0 Å². The number of benzene rings is 1. The summed E-state index contributed by atoms with van der Waals surface area (Å²) in [4.78, 5) is 0. The molecule has 4 heteroatoms. The van der Waals surface area contributed by atoms with E-state index in [0.717, 1.165) is 4.47 Å². The SMILES string of the molecule is COCc1cc(Br)cc(C(C)O)c1F. The summed E-state index contributed by atoms with van der Waals surface area (Å²) >= 11 is 3.25. The molecule has 0 saturated carbocycles. The fourth-order valence-corrected chi connectivity index (χ4v) is 1.76. The molecule has 0 aromatic heterocycles. The number of aliphatic hydroxyl groups excluding tert-OH is 1. The smallest absolute Gasteiger partial charge is 0.134 e. The molecule has 1 aromatic carbocycles. The average Bonchev–Trinajstić information content (AvgIpc) is 2.10. The number of rotatable bonds is 3. The molecule has 0 aliphatic rings. The Morgan fingerprint density at radius 3 is 2.71 bits per heavy atom. The minimum atomic E-state index is -0.817. The molecule has 0 radical (unpaired) electrons. The summed E-state index contributed by atoms with van der Waals surface area (Å²) in [6, 6.07) is 3.21. The molecule has 1 atom stereocenters. The molecule has 0 bridgehead atoms. The van der Waals surface area contributed by atoms with E-state index < -0.39 is 11.9 Å². The van der Waals surface area contributed by atoms with E-state index in [0.29, 0.717) is 5.56 Å². The van der Waals surface area contributed by atoms with Gasteiger partial charge < -0.3 is 9.84 Å². The maximum atomic E-state index is 13.6. The monoisotopic (exact) mass is 262 g/mol. The van der Waals surface area contributed by atoms with E-state index in [1.807, 2.05) is 0 Å². The van der Waals surface area contributed by atoms with Crippen molar-refractivity contribution in [2.75, 3.05) is 7.11 Å². The van der Waals surface area contributed by atoms with Crippen LogP contribution in [0.5, 0.6) is 0 Å². The van der Waals surface area contributed by atoms with Gasteiger partial charge in [-0.15, -0.1) is 0 Å². The first-order valence-corrected chi connectivity index (χ1v) is 5.00. The highest BCUT2D eigenvalue weighted by atomic mass is 79.9. The van der Waals surface area contributed by atoms with Crippen LogP contribution in [-0.4, -0.2) is 12.2 Å². The molecule has 0 aliphatic heterocycles. The molecule has 0 saturated heterocycles. The van der Waals surface area contributed by atoms with Crippen LogP contribution in [0.1, 0.15) is 24.2 Å². The fourth-order valence-electron chi connectivity index (χ4n) is 1.23. The van der Waals surface area contributed by atoms with Gasteiger partial charge in [-0.1, -0.05) is 15.9 Å². The van der Waals surface area contributed by atoms with Crippen LogP contribution in [0.15, 0.2) is 16.6 Å². The number of ether oxygens (including phenoxy) is 1. The van der Waals surface area contributed by atoms with Gasteiger partial charge in [0.2, 0.25) is 0 Å². The van der Waals surface area contributed by atoms with Gasteiger partial charge in [0, 0.05) is 22.7 Å². The molecule has 0 spiro atoms. The molecule has 1 aromatic rings. The van der Waals surface area contributed by atoms with Crippen LogP contribution >= 0.6 is 15.9 Å². The van der Waals surface area contributed by atoms with Crippen LogP contribution in [0.25, 0.3) is 0 Å². The van der Waals surface area contributed by atoms with Crippen molar-refractivity contribution in [3.8, 4) is 0 Å². The Balaban J connectivity index is 3.18. The second-order valence-electron chi connectivity index (χ2n) is 3.08. The van der Waals surface area contributed by atoms with Crippen molar-refractivity contribution in [3.05, 3.63) is 33.5 Å². The molecule has 1 unspecified atom stereocenters. The van der Waals surface area contributed by atoms with Gasteiger partial charge in [-0.3, -0.25) is 0 Å². The number of halogens is 2. The first kappa shape index (κ1) is 11.6. The van der Waals surface area contributed by atoms with Gasteiger partial charge in [0.1, 0.15) is 5.82 Å². The molecular weight excluding hydrogens is 251 g/mol. The minimum absolute atomic E-state index is 0.199. The van der Waals surface area contributed by atoms with Gasteiger partial charge in [0.25, 0.3) is 0 Å². The van der Waals surface area contributed by atoms with Crippen molar-refractivity contribution in [1.82, 2.24) is 0 Å². The molecule has 0 fully saturated rings. The summed E-state index contributed by atoms with van der Waals surface area (Å²) in [5, 5.41) is 9.32. The van der Waals surface area contributed by atoms with E-state index >= 15 is 0 Å². The van der Waals surface area contributed by atoms with E-state index in [2.05, 4.69) is 15.9 Å². The third-order valence-corrected chi connectivity index (χ3v) is 2.35. The van der Waals surface area contributed by atoms with E-state index in [9.17, 15) is 9.50 Å². The van der Waals surface area contributed by atoms with Gasteiger partial charge in [-0.25, -0.2) is 4.39 Å². The minimum Gasteiger partial charge on any atom is -0.389 e. The summed E-state index contributed by atoms with van der Waals surface area (Å²) in [5.41, 5.74) is 0.726. The van der Waals surface area contributed by atoms with E-state index in [4.69, 9.17) is 4.74 Å². The maximum absolute atomic E-state index is 13.6. The summed E-state index contributed by atoms with van der Waals surface area (Å²) in [6.07, 6.45) is -0.817. The predicted octanol–water partition coefficient (Wildman–Crippen LogP) is 2.79. The topological polar surface area (TPSA) is 29.5 Å². The zero-order valence-corrected chi connectivity index (χ0v) is 9.64. The first-order chi connectivity index (χ1) is 6.56. The highest BCUT2D eigenvalue weighted by Gasteiger charge is 2.13. The molecule has 14 heavy (non-hydrogen) atoms. The molecule has 0 heterocycles. The number of methoxy groups -OCH3 is 1. The van der Waals surface area contributed by atoms with Crippen LogP contribution in [0.4, 0.5) is 4.39 Å². The van der Waals surface area contributed by atoms with E-state index in [1.54, 1.807) is 12.1 Å². The van der Waals surface area contributed by atoms with Gasteiger partial charge in [-0.05, 0) is 19.1 Å². The first-order valence-electron chi connectivity index (χ1n) is 4.21. The Morgan fingerprint density at radius 1 is 1.57 bits per heavy atom. The van der Waals surface area contributed by atoms with E-state index in [1.165, 1.54) is 14.0 Å². The molecule has 0 amide bonds. The maximum Gasteiger partial charge on any atom is 0.134 e. The number of aliphatic hydroxyl groups is 1. The Hall–Kier alpha value is -0.450. The number of hydrogen-bond donors (Lipinski definition) is 1. The van der Waals surface area contributed by atoms with Crippen molar-refractivity contribution in [2.24, 2.45) is 0 Å². The van der Waals surface area contributed by atoms with Gasteiger partial charge in [0.05, 0.1) is 12.7 Å².